The van der Waals surface area contributed by atoms with Crippen LogP contribution in [0.1, 0.15) is 70.1 Å². The van der Waals surface area contributed by atoms with Crippen molar-refractivity contribution >= 4 is 64.9 Å². The first-order valence-electron chi connectivity index (χ1n) is 20.8. The molecule has 1 heterocycles. The fraction of sp³-hybridized carbons (Fsp3) is 0.375. The van der Waals surface area contributed by atoms with Crippen LogP contribution in [0.15, 0.2) is 108 Å². The van der Waals surface area contributed by atoms with Gasteiger partial charge in [-0.3, -0.25) is 9.59 Å². The number of rotatable bonds is 14. The van der Waals surface area contributed by atoms with Crippen LogP contribution in [-0.2, 0) is 26.4 Å². The normalized spacial score (nSPS) is 19.3. The molecule has 0 bridgehead atoms. The average Bonchev–Trinajstić information content (AvgIpc) is 3.50. The smallest absolute Gasteiger partial charge is 0.416 e. The Morgan fingerprint density at radius 3 is 1.94 bits per heavy atom. The number of phenolic OH excluding ortho intramolecular Hbond substituents is 1. The summed E-state index contributed by atoms with van der Waals surface area (Å²) in [7, 11) is -1.87. The van der Waals surface area contributed by atoms with Crippen molar-refractivity contribution in [2.24, 2.45) is 17.8 Å². The first kappa shape index (κ1) is 49.0. The molecule has 0 spiro atoms. The lowest BCUT2D eigenvalue weighted by atomic mass is 9.68. The first-order chi connectivity index (χ1) is 30.1. The van der Waals surface area contributed by atoms with E-state index in [1.54, 1.807) is 12.1 Å². The lowest BCUT2D eigenvalue weighted by molar-refractivity contribution is -0.143. The standard InChI is InChI=1S/C48H50F6INO7Si/c1-6-28(19-29-20-38(55)43(59)40(21-29)62-5)17-18-39(58)41-30(27-63-64(46(2,3)4,34-13-9-7-10-14-34)35-15-11-8-12-16-35)22-36-42(37(41)26-57)45(61)56(44(36)60)33-24-31(47(49,50)51)23-32(25-33)48(52,53)54/h7-16,19-21,23-25,36-37,39,42,57-59H,6,17-18,22,26-27H2,1-5H3/b28-19+/t36-,37+,39-,42-/m1/s1. The van der Waals surface area contributed by atoms with Crippen LogP contribution in [0.2, 0.25) is 5.04 Å². The number of fused-ring (bicyclic) bond motifs is 1. The number of benzene rings is 4. The van der Waals surface area contributed by atoms with E-state index in [4.69, 9.17) is 9.16 Å². The molecule has 3 N–H and O–H groups in total. The number of hydrogen-bond donors (Lipinski definition) is 3. The van der Waals surface area contributed by atoms with Gasteiger partial charge < -0.3 is 24.5 Å². The molecule has 4 atom stereocenters. The second-order valence-electron chi connectivity index (χ2n) is 17.2. The molecule has 4 aromatic carbocycles. The van der Waals surface area contributed by atoms with E-state index >= 15 is 0 Å². The number of anilines is 1. The summed E-state index contributed by atoms with van der Waals surface area (Å²) >= 11 is 1.99. The minimum absolute atomic E-state index is 0.00789. The molecule has 0 radical (unpaired) electrons. The van der Waals surface area contributed by atoms with Gasteiger partial charge in [-0.1, -0.05) is 100 Å². The third-order valence-electron chi connectivity index (χ3n) is 12.3. The van der Waals surface area contributed by atoms with Gasteiger partial charge in [0.05, 0.1) is 58.6 Å². The summed E-state index contributed by atoms with van der Waals surface area (Å²) in [5, 5.41) is 35.2. The van der Waals surface area contributed by atoms with Gasteiger partial charge in [0, 0.05) is 5.92 Å². The summed E-state index contributed by atoms with van der Waals surface area (Å²) < 4.78 is 97.3. The van der Waals surface area contributed by atoms with Crippen LogP contribution in [0.25, 0.3) is 6.08 Å². The van der Waals surface area contributed by atoms with E-state index in [1.807, 2.05) is 96.3 Å². The maximum absolute atomic E-state index is 14.4. The highest BCUT2D eigenvalue weighted by atomic mass is 127. The van der Waals surface area contributed by atoms with Gasteiger partial charge in [-0.25, -0.2) is 4.90 Å². The molecule has 16 heteroatoms. The number of aromatic hydroxyl groups is 1. The minimum atomic E-state index is -5.24. The molecule has 2 amide bonds. The fourth-order valence-electron chi connectivity index (χ4n) is 9.27. The van der Waals surface area contributed by atoms with Crippen molar-refractivity contribution in [1.82, 2.24) is 0 Å². The average molecular weight is 1020 g/mol. The Morgan fingerprint density at radius 1 is 0.891 bits per heavy atom. The second-order valence-corrected chi connectivity index (χ2v) is 22.6. The SMILES string of the molecule is CC/C(=C\c1cc(I)c(O)c(OC)c1)CC[C@@H](O)C1=C(CO[Si](c2ccccc2)(c2ccccc2)C(C)(C)C)C[C@H]2C(=O)N(c3cc(C(F)(F)F)cc(C(F)(F)F)c3)C(=O)[C@H]2[C@H]1CO. The number of carbonyl (C=O) groups is 2. The van der Waals surface area contributed by atoms with E-state index in [-0.39, 0.29) is 42.6 Å². The van der Waals surface area contributed by atoms with Crippen LogP contribution in [-0.4, -0.2) is 61.9 Å². The summed E-state index contributed by atoms with van der Waals surface area (Å²) in [5.41, 5.74) is -2.01. The number of ether oxygens (including phenoxy) is 1. The van der Waals surface area contributed by atoms with Crippen LogP contribution in [0.3, 0.4) is 0 Å². The lowest BCUT2D eigenvalue weighted by Crippen LogP contribution is -2.66. The Morgan fingerprint density at radius 2 is 1.45 bits per heavy atom. The Hall–Kier alpha value is -4.49. The minimum Gasteiger partial charge on any atom is -0.504 e. The molecular weight excluding hydrogens is 972 g/mol. The van der Waals surface area contributed by atoms with E-state index in [0.29, 0.717) is 39.0 Å². The highest BCUT2D eigenvalue weighted by Crippen LogP contribution is 2.49. The molecular formula is C48H50F6INO7Si. The number of methoxy groups -OCH3 is 1. The molecule has 1 aliphatic carbocycles. The maximum atomic E-state index is 14.4. The van der Waals surface area contributed by atoms with Crippen LogP contribution in [0.4, 0.5) is 32.0 Å². The van der Waals surface area contributed by atoms with Gasteiger partial charge in [-0.15, -0.1) is 0 Å². The van der Waals surface area contributed by atoms with Crippen molar-refractivity contribution in [3.8, 4) is 11.5 Å². The van der Waals surface area contributed by atoms with Gasteiger partial charge in [-0.2, -0.15) is 26.3 Å². The summed E-state index contributed by atoms with van der Waals surface area (Å²) in [4.78, 5) is 29.2. The van der Waals surface area contributed by atoms with Crippen molar-refractivity contribution in [2.45, 2.75) is 76.9 Å². The summed E-state index contributed by atoms with van der Waals surface area (Å²) in [5.74, 6) is -5.81. The molecule has 1 fully saturated rings. The van der Waals surface area contributed by atoms with Crippen molar-refractivity contribution in [3.05, 3.63) is 128 Å². The Labute approximate surface area is 382 Å². The van der Waals surface area contributed by atoms with Crippen LogP contribution in [0, 0.1) is 21.3 Å². The van der Waals surface area contributed by atoms with Gasteiger partial charge >= 0.3 is 12.4 Å². The zero-order valence-corrected chi connectivity index (χ0v) is 39.0. The number of nitrogens with zero attached hydrogens (tertiary/aromatic N) is 1. The van der Waals surface area contributed by atoms with Gasteiger partial charge in [0.15, 0.2) is 11.5 Å². The number of aliphatic hydroxyl groups is 2. The third-order valence-corrected chi connectivity index (χ3v) is 18.1. The Bertz CT molecular complexity index is 2350. The number of aliphatic hydroxyl groups excluding tert-OH is 2. The third kappa shape index (κ3) is 9.71. The number of amides is 2. The van der Waals surface area contributed by atoms with Gasteiger partial charge in [-0.05, 0) is 111 Å². The number of allylic oxidation sites excluding steroid dienone is 1. The fourth-order valence-corrected chi connectivity index (χ4v) is 14.4. The van der Waals surface area contributed by atoms with Gasteiger partial charge in [0.1, 0.15) is 0 Å². The van der Waals surface area contributed by atoms with Crippen LogP contribution >= 0.6 is 22.6 Å². The van der Waals surface area contributed by atoms with Gasteiger partial charge in [0.2, 0.25) is 11.8 Å². The molecule has 0 aromatic heterocycles. The molecule has 2 aliphatic rings. The second kappa shape index (κ2) is 19.2. The lowest BCUT2D eigenvalue weighted by Gasteiger charge is -2.44. The van der Waals surface area contributed by atoms with E-state index in [2.05, 4.69) is 20.8 Å². The summed E-state index contributed by atoms with van der Waals surface area (Å²) in [6.45, 7) is 7.15. The predicted octanol–water partition coefficient (Wildman–Crippen LogP) is 9.67. The zero-order chi connectivity index (χ0) is 46.9. The zero-order valence-electron chi connectivity index (χ0n) is 35.9. The number of halogens is 7. The number of phenols is 1. The highest BCUT2D eigenvalue weighted by Gasteiger charge is 2.57. The molecule has 6 rings (SSSR count). The van der Waals surface area contributed by atoms with Crippen molar-refractivity contribution in [1.29, 1.82) is 0 Å². The number of imide groups is 1. The Kier molecular flexibility index (Phi) is 14.7. The molecule has 4 aromatic rings. The summed E-state index contributed by atoms with van der Waals surface area (Å²) in [6.07, 6.45) is -9.19. The maximum Gasteiger partial charge on any atom is 0.416 e. The topological polar surface area (TPSA) is 117 Å². The van der Waals surface area contributed by atoms with Crippen molar-refractivity contribution < 1.29 is 60.4 Å². The first-order valence-corrected chi connectivity index (χ1v) is 23.7. The molecule has 64 heavy (non-hydrogen) atoms. The molecule has 1 saturated heterocycles. The Balaban J connectivity index is 1.46. The molecule has 1 aliphatic heterocycles. The van der Waals surface area contributed by atoms with E-state index < -0.39 is 84.8 Å². The number of alkyl halides is 6. The monoisotopic (exact) mass is 1020 g/mol. The van der Waals surface area contributed by atoms with E-state index in [0.717, 1.165) is 21.5 Å². The van der Waals surface area contributed by atoms with Gasteiger partial charge in [0.25, 0.3) is 8.32 Å². The van der Waals surface area contributed by atoms with E-state index in [9.17, 15) is 51.3 Å². The highest BCUT2D eigenvalue weighted by molar-refractivity contribution is 14.1. The number of carbonyl (C=O) groups excluding carboxylic acids is 2. The molecule has 0 saturated carbocycles. The van der Waals surface area contributed by atoms with Crippen molar-refractivity contribution in [2.75, 3.05) is 25.2 Å². The predicted molar refractivity (Wildman–Crippen MR) is 243 cm³/mol. The van der Waals surface area contributed by atoms with Crippen LogP contribution in [0.5, 0.6) is 11.5 Å². The van der Waals surface area contributed by atoms with Crippen LogP contribution < -0.4 is 20.0 Å². The van der Waals surface area contributed by atoms with Crippen molar-refractivity contribution in [3.63, 3.8) is 0 Å². The number of hydrogen-bond acceptors (Lipinski definition) is 7. The molecule has 8 nitrogen and oxygen atoms in total. The quantitative estimate of drug-likeness (QED) is 0.0379. The summed E-state index contributed by atoms with van der Waals surface area (Å²) in [6, 6.07) is 23.3. The molecule has 0 unspecified atom stereocenters. The van der Waals surface area contributed by atoms with E-state index in [1.165, 1.54) is 7.11 Å². The largest absolute Gasteiger partial charge is 0.504 e. The molecule has 342 valence electrons.